The summed E-state index contributed by atoms with van der Waals surface area (Å²) in [7, 11) is 0. The number of carboxylic acids is 1. The van der Waals surface area contributed by atoms with Crippen molar-refractivity contribution in [1.29, 1.82) is 0 Å². The van der Waals surface area contributed by atoms with E-state index in [1.54, 1.807) is 0 Å². The number of rotatable bonds is 8. The Morgan fingerprint density at radius 2 is 2.00 bits per heavy atom. The van der Waals surface area contributed by atoms with Gasteiger partial charge >= 0.3 is 5.97 Å². The van der Waals surface area contributed by atoms with Crippen LogP contribution in [0.5, 0.6) is 0 Å². The van der Waals surface area contributed by atoms with Gasteiger partial charge in [-0.3, -0.25) is 4.79 Å². The first-order valence-electron chi connectivity index (χ1n) is 11.8. The number of aliphatic hydroxyl groups excluding tert-OH is 2. The summed E-state index contributed by atoms with van der Waals surface area (Å²) in [5.74, 6) is 7.39. The Labute approximate surface area is 175 Å². The smallest absolute Gasteiger partial charge is 0.303 e. The van der Waals surface area contributed by atoms with E-state index < -0.39 is 18.2 Å². The predicted octanol–water partition coefficient (Wildman–Crippen LogP) is 4.55. The van der Waals surface area contributed by atoms with Crippen molar-refractivity contribution in [2.24, 2.45) is 29.6 Å². The van der Waals surface area contributed by atoms with Crippen LogP contribution in [0.1, 0.15) is 84.0 Å². The molecule has 3 N–H and O–H groups in total. The molecule has 0 aromatic carbocycles. The van der Waals surface area contributed by atoms with Gasteiger partial charge in [0.05, 0.1) is 12.0 Å². The lowest BCUT2D eigenvalue weighted by atomic mass is 9.50. The highest BCUT2D eigenvalue weighted by molar-refractivity contribution is 5.66. The van der Waals surface area contributed by atoms with Crippen LogP contribution in [0.2, 0.25) is 0 Å². The van der Waals surface area contributed by atoms with Crippen molar-refractivity contribution in [3.05, 3.63) is 11.6 Å². The maximum Gasteiger partial charge on any atom is 0.303 e. The Morgan fingerprint density at radius 3 is 2.69 bits per heavy atom. The number of aliphatic hydroxyl groups is 2. The number of fused-ring (bicyclic) bond motifs is 1. The maximum absolute atomic E-state index is 10.9. The predicted molar refractivity (Wildman–Crippen MR) is 114 cm³/mol. The highest BCUT2D eigenvalue weighted by Gasteiger charge is 2.52. The molecule has 0 saturated heterocycles. The molecule has 0 heterocycles. The summed E-state index contributed by atoms with van der Waals surface area (Å²) in [6.07, 6.45) is 12.7. The van der Waals surface area contributed by atoms with Crippen molar-refractivity contribution >= 4 is 5.97 Å². The number of carboxylic acid groups (broad SMARTS) is 1. The standard InChI is InChI=1S/C25H38O4/c1-2-3-9-20-19(10-6-11-24(28)29)21-14-15-23(27)22(25(20)21)13-12-18(26)16-17-7-4-5-8-17/h10,17-18,20-23,25-27H,2-9,11,14-16H2,1H3,(H,28,29)/t18?,20?,21-,22+,23-,25+/m1/s1. The minimum absolute atomic E-state index is 0.0644. The average molecular weight is 403 g/mol. The molecule has 3 saturated carbocycles. The van der Waals surface area contributed by atoms with E-state index in [1.165, 1.54) is 31.3 Å². The van der Waals surface area contributed by atoms with Gasteiger partial charge in [0, 0.05) is 6.42 Å². The fraction of sp³-hybridized carbons (Fsp3) is 0.800. The SMILES string of the molecule is CCCCC1C(=CCCC(=O)O)[C@H]2CC[C@@H](O)[C@H](C#CC(O)CC3CCCC3)[C@@H]12. The van der Waals surface area contributed by atoms with E-state index in [1.807, 2.05) is 0 Å². The summed E-state index contributed by atoms with van der Waals surface area (Å²) in [5.41, 5.74) is 1.41. The third-order valence-corrected chi connectivity index (χ3v) is 7.44. The molecule has 162 valence electrons. The third kappa shape index (κ3) is 5.64. The topological polar surface area (TPSA) is 77.8 Å². The van der Waals surface area contributed by atoms with E-state index in [2.05, 4.69) is 24.8 Å². The van der Waals surface area contributed by atoms with Crippen LogP contribution in [0.3, 0.4) is 0 Å². The lowest BCUT2D eigenvalue weighted by Crippen LogP contribution is -2.51. The van der Waals surface area contributed by atoms with Gasteiger partial charge in [-0.25, -0.2) is 0 Å². The van der Waals surface area contributed by atoms with Gasteiger partial charge in [0.1, 0.15) is 6.10 Å². The number of carbonyl (C=O) groups is 1. The van der Waals surface area contributed by atoms with E-state index in [4.69, 9.17) is 5.11 Å². The van der Waals surface area contributed by atoms with Crippen molar-refractivity contribution in [2.75, 3.05) is 0 Å². The van der Waals surface area contributed by atoms with Crippen molar-refractivity contribution in [3.8, 4) is 11.8 Å². The quantitative estimate of drug-likeness (QED) is 0.411. The fourth-order valence-electron chi connectivity index (χ4n) is 5.98. The van der Waals surface area contributed by atoms with Gasteiger partial charge in [0.2, 0.25) is 0 Å². The summed E-state index contributed by atoms with van der Waals surface area (Å²) < 4.78 is 0. The minimum Gasteiger partial charge on any atom is -0.481 e. The molecule has 29 heavy (non-hydrogen) atoms. The number of hydrogen-bond acceptors (Lipinski definition) is 3. The first-order valence-corrected chi connectivity index (χ1v) is 11.8. The lowest BCUT2D eigenvalue weighted by molar-refractivity contribution is -0.136. The largest absolute Gasteiger partial charge is 0.481 e. The molecular formula is C25H38O4. The molecule has 0 aromatic rings. The molecule has 0 aromatic heterocycles. The highest BCUT2D eigenvalue weighted by Crippen LogP contribution is 2.57. The monoisotopic (exact) mass is 402 g/mol. The molecule has 0 spiro atoms. The first kappa shape index (κ1) is 22.4. The molecule has 0 bridgehead atoms. The molecule has 6 atom stereocenters. The zero-order valence-corrected chi connectivity index (χ0v) is 17.9. The zero-order valence-electron chi connectivity index (χ0n) is 17.9. The Hall–Kier alpha value is -1.31. The van der Waals surface area contributed by atoms with Crippen LogP contribution >= 0.6 is 0 Å². The molecule has 0 aliphatic heterocycles. The van der Waals surface area contributed by atoms with Gasteiger partial charge in [0.15, 0.2) is 0 Å². The average Bonchev–Trinajstić information content (AvgIpc) is 3.18. The summed E-state index contributed by atoms with van der Waals surface area (Å²) >= 11 is 0. The van der Waals surface area contributed by atoms with Gasteiger partial charge in [-0.15, -0.1) is 0 Å². The molecule has 0 amide bonds. The van der Waals surface area contributed by atoms with Crippen LogP contribution < -0.4 is 0 Å². The normalized spacial score (nSPS) is 34.2. The number of unbranched alkanes of at least 4 members (excludes halogenated alkanes) is 1. The van der Waals surface area contributed by atoms with Gasteiger partial charge in [-0.1, -0.05) is 68.9 Å². The Morgan fingerprint density at radius 1 is 1.24 bits per heavy atom. The second-order valence-electron chi connectivity index (χ2n) is 9.43. The van der Waals surface area contributed by atoms with Gasteiger partial charge < -0.3 is 15.3 Å². The number of allylic oxidation sites excluding steroid dienone is 2. The van der Waals surface area contributed by atoms with E-state index in [0.717, 1.165) is 38.5 Å². The van der Waals surface area contributed by atoms with Crippen LogP contribution in [0.4, 0.5) is 0 Å². The van der Waals surface area contributed by atoms with Gasteiger partial charge in [-0.05, 0) is 55.8 Å². The van der Waals surface area contributed by atoms with Crippen molar-refractivity contribution < 1.29 is 20.1 Å². The van der Waals surface area contributed by atoms with Gasteiger partial charge in [-0.2, -0.15) is 0 Å². The van der Waals surface area contributed by atoms with Crippen LogP contribution in [0, 0.1) is 41.4 Å². The minimum atomic E-state index is -0.748. The summed E-state index contributed by atoms with van der Waals surface area (Å²) in [6, 6.07) is 0. The van der Waals surface area contributed by atoms with Crippen molar-refractivity contribution in [2.45, 2.75) is 96.2 Å². The molecule has 0 radical (unpaired) electrons. The molecule has 3 aliphatic carbocycles. The Kier molecular flexibility index (Phi) is 8.21. The van der Waals surface area contributed by atoms with Crippen LogP contribution in [-0.4, -0.2) is 33.5 Å². The lowest BCUT2D eigenvalue weighted by Gasteiger charge is -2.55. The van der Waals surface area contributed by atoms with Crippen molar-refractivity contribution in [3.63, 3.8) is 0 Å². The Balaban J connectivity index is 1.68. The second kappa shape index (κ2) is 10.6. The summed E-state index contributed by atoms with van der Waals surface area (Å²) in [6.45, 7) is 2.19. The molecule has 3 rings (SSSR count). The summed E-state index contributed by atoms with van der Waals surface area (Å²) in [5, 5.41) is 30.0. The zero-order chi connectivity index (χ0) is 20.8. The fourth-order valence-corrected chi connectivity index (χ4v) is 5.98. The highest BCUT2D eigenvalue weighted by atomic mass is 16.4. The molecule has 3 aliphatic rings. The van der Waals surface area contributed by atoms with Crippen LogP contribution in [0.25, 0.3) is 0 Å². The second-order valence-corrected chi connectivity index (χ2v) is 9.43. The molecule has 2 unspecified atom stereocenters. The number of aliphatic carboxylic acids is 1. The maximum atomic E-state index is 10.9. The summed E-state index contributed by atoms with van der Waals surface area (Å²) in [4.78, 5) is 10.9. The van der Waals surface area contributed by atoms with E-state index >= 15 is 0 Å². The van der Waals surface area contributed by atoms with E-state index in [0.29, 0.717) is 30.1 Å². The van der Waals surface area contributed by atoms with Crippen molar-refractivity contribution in [1.82, 2.24) is 0 Å². The van der Waals surface area contributed by atoms with E-state index in [-0.39, 0.29) is 12.3 Å². The molecule has 3 fully saturated rings. The molecular weight excluding hydrogens is 364 g/mol. The Bertz CT molecular complexity index is 637. The molecule has 4 nitrogen and oxygen atoms in total. The number of hydrogen-bond donors (Lipinski definition) is 3. The van der Waals surface area contributed by atoms with Gasteiger partial charge in [0.25, 0.3) is 0 Å². The first-order chi connectivity index (χ1) is 14.0. The van der Waals surface area contributed by atoms with E-state index in [9.17, 15) is 15.0 Å². The molecule has 4 heteroatoms. The third-order valence-electron chi connectivity index (χ3n) is 7.44. The van der Waals surface area contributed by atoms with Crippen LogP contribution in [0.15, 0.2) is 11.6 Å². The van der Waals surface area contributed by atoms with Crippen LogP contribution in [-0.2, 0) is 4.79 Å².